The van der Waals surface area contributed by atoms with Crippen LogP contribution in [0.3, 0.4) is 0 Å². The Hall–Kier alpha value is -2.42. The highest BCUT2D eigenvalue weighted by atomic mass is 16.4. The highest BCUT2D eigenvalue weighted by Crippen LogP contribution is 2.01. The number of imidazole rings is 1. The summed E-state index contributed by atoms with van der Waals surface area (Å²) in [7, 11) is 0. The number of primary amides is 1. The van der Waals surface area contributed by atoms with Crippen LogP contribution in [0.1, 0.15) is 23.3 Å². The van der Waals surface area contributed by atoms with Crippen molar-refractivity contribution in [2.45, 2.75) is 25.4 Å². The molecule has 0 saturated carbocycles. The van der Waals surface area contributed by atoms with E-state index >= 15 is 0 Å². The Kier molecular flexibility index (Phi) is 5.66. The van der Waals surface area contributed by atoms with Gasteiger partial charge in [0.25, 0.3) is 5.91 Å². The monoisotopic (exact) mass is 283 g/mol. The number of carboxylic acids is 1. The summed E-state index contributed by atoms with van der Waals surface area (Å²) >= 11 is 0. The number of rotatable bonds is 8. The Morgan fingerprint density at radius 3 is 2.70 bits per heavy atom. The molecule has 0 radical (unpaired) electrons. The normalized spacial score (nSPS) is 11.8. The fraction of sp³-hybridized carbons (Fsp3) is 0.455. The predicted octanol–water partition coefficient (Wildman–Crippen LogP) is -1.71. The number of aromatic nitrogens is 2. The molecule has 9 nitrogen and oxygen atoms in total. The van der Waals surface area contributed by atoms with Crippen LogP contribution >= 0.6 is 0 Å². The lowest BCUT2D eigenvalue weighted by molar-refractivity contribution is -0.139. The smallest absolute Gasteiger partial charge is 0.326 e. The van der Waals surface area contributed by atoms with Gasteiger partial charge in [-0.25, -0.2) is 9.78 Å². The zero-order valence-corrected chi connectivity index (χ0v) is 10.8. The van der Waals surface area contributed by atoms with Gasteiger partial charge in [0.05, 0.1) is 6.33 Å². The van der Waals surface area contributed by atoms with E-state index in [1.807, 2.05) is 0 Å². The number of nitrogens with one attached hydrogen (secondary N) is 1. The zero-order chi connectivity index (χ0) is 15.1. The Morgan fingerprint density at radius 1 is 1.45 bits per heavy atom. The molecule has 0 fully saturated rings. The molecule has 0 aliphatic heterocycles. The standard InChI is InChI=1S/C11H17N5O4/c12-3-4-16-5-8(14-6-16)10(18)15-7(11(19)20)1-2-9(13)17/h5-7H,1-4,12H2,(H2,13,17)(H,15,18)(H,19,20)/t7-/m0/s1. The van der Waals surface area contributed by atoms with Crippen molar-refractivity contribution in [2.75, 3.05) is 6.54 Å². The second kappa shape index (κ2) is 7.24. The van der Waals surface area contributed by atoms with Gasteiger partial charge in [-0.2, -0.15) is 0 Å². The molecule has 1 atom stereocenters. The lowest BCUT2D eigenvalue weighted by atomic mass is 10.1. The molecular weight excluding hydrogens is 266 g/mol. The van der Waals surface area contributed by atoms with Gasteiger partial charge in [0.1, 0.15) is 11.7 Å². The van der Waals surface area contributed by atoms with Crippen LogP contribution in [0.4, 0.5) is 0 Å². The van der Waals surface area contributed by atoms with Crippen molar-refractivity contribution < 1.29 is 19.5 Å². The van der Waals surface area contributed by atoms with Gasteiger partial charge in [0, 0.05) is 25.7 Å². The van der Waals surface area contributed by atoms with Crippen LogP contribution in [0, 0.1) is 0 Å². The number of amides is 2. The van der Waals surface area contributed by atoms with Gasteiger partial charge >= 0.3 is 5.97 Å². The topological polar surface area (TPSA) is 153 Å². The summed E-state index contributed by atoms with van der Waals surface area (Å²) in [6.45, 7) is 0.901. The maximum atomic E-state index is 11.8. The fourth-order valence-corrected chi connectivity index (χ4v) is 1.52. The van der Waals surface area contributed by atoms with E-state index in [1.54, 1.807) is 4.57 Å². The molecule has 2 amide bonds. The van der Waals surface area contributed by atoms with E-state index < -0.39 is 23.8 Å². The second-order valence-corrected chi connectivity index (χ2v) is 4.15. The number of nitrogens with zero attached hydrogens (tertiary/aromatic N) is 2. The second-order valence-electron chi connectivity index (χ2n) is 4.15. The van der Waals surface area contributed by atoms with E-state index in [0.29, 0.717) is 13.1 Å². The van der Waals surface area contributed by atoms with Gasteiger partial charge in [-0.1, -0.05) is 0 Å². The lowest BCUT2D eigenvalue weighted by Gasteiger charge is -2.12. The minimum absolute atomic E-state index is 0.0695. The van der Waals surface area contributed by atoms with E-state index in [0.717, 1.165) is 0 Å². The van der Waals surface area contributed by atoms with Crippen molar-refractivity contribution in [1.82, 2.24) is 14.9 Å². The summed E-state index contributed by atoms with van der Waals surface area (Å²) in [6.07, 6.45) is 2.70. The van der Waals surface area contributed by atoms with E-state index in [-0.39, 0.29) is 18.5 Å². The molecule has 0 aromatic carbocycles. The van der Waals surface area contributed by atoms with Gasteiger partial charge in [-0.05, 0) is 6.42 Å². The Labute approximate surface area is 114 Å². The highest BCUT2D eigenvalue weighted by molar-refractivity contribution is 5.94. The average molecular weight is 283 g/mol. The first kappa shape index (κ1) is 15.6. The molecule has 1 heterocycles. The van der Waals surface area contributed by atoms with Gasteiger partial charge in [-0.3, -0.25) is 9.59 Å². The highest BCUT2D eigenvalue weighted by Gasteiger charge is 2.22. The molecule has 0 aliphatic rings. The number of hydrogen-bond acceptors (Lipinski definition) is 5. The third-order valence-corrected chi connectivity index (χ3v) is 2.54. The van der Waals surface area contributed by atoms with E-state index in [1.165, 1.54) is 12.5 Å². The molecule has 1 aromatic heterocycles. The van der Waals surface area contributed by atoms with Gasteiger partial charge < -0.3 is 26.5 Å². The quantitative estimate of drug-likeness (QED) is 0.445. The van der Waals surface area contributed by atoms with Crippen LogP contribution in [-0.2, 0) is 16.1 Å². The SMILES string of the molecule is NCCn1cnc(C(=O)N[C@@H](CCC(N)=O)C(=O)O)c1. The van der Waals surface area contributed by atoms with Crippen LogP contribution < -0.4 is 16.8 Å². The first-order chi connectivity index (χ1) is 9.43. The lowest BCUT2D eigenvalue weighted by Crippen LogP contribution is -2.41. The van der Waals surface area contributed by atoms with Crippen molar-refractivity contribution in [2.24, 2.45) is 11.5 Å². The minimum Gasteiger partial charge on any atom is -0.480 e. The molecule has 0 unspecified atom stereocenters. The molecule has 0 aliphatic carbocycles. The maximum absolute atomic E-state index is 11.8. The van der Waals surface area contributed by atoms with Crippen molar-refractivity contribution >= 4 is 17.8 Å². The first-order valence-corrected chi connectivity index (χ1v) is 5.98. The van der Waals surface area contributed by atoms with Crippen LogP contribution in [0.2, 0.25) is 0 Å². The summed E-state index contributed by atoms with van der Waals surface area (Å²) in [5.74, 6) is -2.49. The number of nitrogens with two attached hydrogens (primary N) is 2. The molecule has 110 valence electrons. The summed E-state index contributed by atoms with van der Waals surface area (Å²) < 4.78 is 1.62. The van der Waals surface area contributed by atoms with Crippen LogP contribution in [0.15, 0.2) is 12.5 Å². The van der Waals surface area contributed by atoms with Gasteiger partial charge in [-0.15, -0.1) is 0 Å². The first-order valence-electron chi connectivity index (χ1n) is 5.98. The largest absolute Gasteiger partial charge is 0.480 e. The molecule has 20 heavy (non-hydrogen) atoms. The average Bonchev–Trinajstić information content (AvgIpc) is 2.82. The van der Waals surface area contributed by atoms with E-state index in [9.17, 15) is 14.4 Å². The number of carbonyl (C=O) groups excluding carboxylic acids is 2. The van der Waals surface area contributed by atoms with Gasteiger partial charge in [0.2, 0.25) is 5.91 Å². The van der Waals surface area contributed by atoms with Crippen LogP contribution in [0.25, 0.3) is 0 Å². The number of carboxylic acid groups (broad SMARTS) is 1. The van der Waals surface area contributed by atoms with Gasteiger partial charge in [0.15, 0.2) is 0 Å². The molecule has 1 aromatic rings. The summed E-state index contributed by atoms with van der Waals surface area (Å²) in [5, 5.41) is 11.3. The van der Waals surface area contributed by atoms with Crippen molar-refractivity contribution in [3.8, 4) is 0 Å². The van der Waals surface area contributed by atoms with Crippen molar-refractivity contribution in [1.29, 1.82) is 0 Å². The third kappa shape index (κ3) is 4.69. The molecule has 6 N–H and O–H groups in total. The molecule has 9 heteroatoms. The zero-order valence-electron chi connectivity index (χ0n) is 10.8. The summed E-state index contributed by atoms with van der Waals surface area (Å²) in [5.41, 5.74) is 10.4. The molecule has 0 bridgehead atoms. The fourth-order valence-electron chi connectivity index (χ4n) is 1.52. The maximum Gasteiger partial charge on any atom is 0.326 e. The Balaban J connectivity index is 2.64. The molecular formula is C11H17N5O4. The number of hydrogen-bond donors (Lipinski definition) is 4. The van der Waals surface area contributed by atoms with Crippen molar-refractivity contribution in [3.63, 3.8) is 0 Å². The van der Waals surface area contributed by atoms with E-state index in [2.05, 4.69) is 10.3 Å². The van der Waals surface area contributed by atoms with Crippen LogP contribution in [0.5, 0.6) is 0 Å². The number of carbonyl (C=O) groups is 3. The Bertz CT molecular complexity index is 499. The number of aliphatic carboxylic acids is 1. The minimum atomic E-state index is -1.24. The van der Waals surface area contributed by atoms with Crippen molar-refractivity contribution in [3.05, 3.63) is 18.2 Å². The molecule has 1 rings (SSSR count). The summed E-state index contributed by atoms with van der Waals surface area (Å²) in [4.78, 5) is 37.3. The third-order valence-electron chi connectivity index (χ3n) is 2.54. The van der Waals surface area contributed by atoms with Crippen LogP contribution in [-0.4, -0.2) is 45.0 Å². The molecule has 0 spiro atoms. The summed E-state index contributed by atoms with van der Waals surface area (Å²) in [6, 6.07) is -1.19. The predicted molar refractivity (Wildman–Crippen MR) is 68.6 cm³/mol. The molecule has 0 saturated heterocycles. The van der Waals surface area contributed by atoms with E-state index in [4.69, 9.17) is 16.6 Å². The Morgan fingerprint density at radius 2 is 2.15 bits per heavy atom.